The molecule has 0 nitrogen and oxygen atoms in total. The topological polar surface area (TPSA) is 0 Å². The Balaban J connectivity index is 3.03. The van der Waals surface area contributed by atoms with Crippen LogP contribution < -0.4 is 0 Å². The minimum atomic E-state index is 0.866. The fourth-order valence-electron chi connectivity index (χ4n) is 2.45. The lowest BCUT2D eigenvalue weighted by Gasteiger charge is -2.01. The van der Waals surface area contributed by atoms with Crippen LogP contribution in [0, 0.1) is 5.92 Å². The summed E-state index contributed by atoms with van der Waals surface area (Å²) in [6.07, 6.45) is 23.1. The van der Waals surface area contributed by atoms with Crippen molar-refractivity contribution in [1.82, 2.24) is 0 Å². The summed E-state index contributed by atoms with van der Waals surface area (Å²) in [5.41, 5.74) is 0. The third kappa shape index (κ3) is 17.7. The van der Waals surface area contributed by atoms with Gasteiger partial charge >= 0.3 is 0 Å². The van der Waals surface area contributed by atoms with Gasteiger partial charge in [0.2, 0.25) is 0 Å². The highest BCUT2D eigenvalue weighted by molar-refractivity contribution is 4.81. The van der Waals surface area contributed by atoms with E-state index in [9.17, 15) is 0 Å². The van der Waals surface area contributed by atoms with Gasteiger partial charge in [0.05, 0.1) is 0 Å². The largest absolute Gasteiger partial charge is 0.0885 e. The molecule has 0 heteroatoms. The molecule has 0 rings (SSSR count). The Kier molecular flexibility index (Phi) is 15.6. The van der Waals surface area contributed by atoms with E-state index in [1.807, 2.05) is 0 Å². The zero-order chi connectivity index (χ0) is 14.2. The van der Waals surface area contributed by atoms with Crippen LogP contribution in [0.4, 0.5) is 0 Å². The maximum Gasteiger partial charge on any atom is -0.0351 e. The van der Waals surface area contributed by atoms with Gasteiger partial charge in [0.1, 0.15) is 0 Å². The van der Waals surface area contributed by atoms with E-state index in [1.54, 1.807) is 0 Å². The van der Waals surface area contributed by atoms with E-state index in [1.165, 1.54) is 83.5 Å². The van der Waals surface area contributed by atoms with Crippen molar-refractivity contribution in [2.24, 2.45) is 5.92 Å². The van der Waals surface area contributed by atoms with Gasteiger partial charge < -0.3 is 0 Å². The average molecular weight is 267 g/mol. The van der Waals surface area contributed by atoms with E-state index in [-0.39, 0.29) is 0 Å². The van der Waals surface area contributed by atoms with Crippen LogP contribution in [-0.2, 0) is 0 Å². The molecule has 0 fully saturated rings. The Bertz CT molecular complexity index is 178. The molecule has 0 amide bonds. The summed E-state index contributed by atoms with van der Waals surface area (Å²) in [6.45, 7) is 6.91. The molecule has 0 bridgehead atoms. The average Bonchev–Trinajstić information content (AvgIpc) is 2.39. The van der Waals surface area contributed by atoms with Crippen molar-refractivity contribution in [2.45, 2.75) is 104 Å². The van der Waals surface area contributed by atoms with E-state index < -0.39 is 0 Å². The predicted octanol–water partition coefficient (Wildman–Crippen LogP) is 7.29. The SMILES string of the molecule is CCCCCCCCCCC/C=C\CCCC(C)C. The fraction of sp³-hybridized carbons (Fsp3) is 0.895. The molecule has 0 saturated heterocycles. The van der Waals surface area contributed by atoms with Gasteiger partial charge in [-0.1, -0.05) is 90.7 Å². The summed E-state index contributed by atoms with van der Waals surface area (Å²) >= 11 is 0. The first-order valence-corrected chi connectivity index (χ1v) is 8.92. The van der Waals surface area contributed by atoms with Crippen LogP contribution in [0.2, 0.25) is 0 Å². The molecule has 0 aliphatic heterocycles. The summed E-state index contributed by atoms with van der Waals surface area (Å²) in [4.78, 5) is 0. The summed E-state index contributed by atoms with van der Waals surface area (Å²) in [5.74, 6) is 0.866. The minimum absolute atomic E-state index is 0.866. The van der Waals surface area contributed by atoms with Crippen LogP contribution in [0.25, 0.3) is 0 Å². The van der Waals surface area contributed by atoms with Crippen molar-refractivity contribution in [3.8, 4) is 0 Å². The van der Waals surface area contributed by atoms with E-state index in [4.69, 9.17) is 0 Å². The second-order valence-electron chi connectivity index (χ2n) is 6.41. The lowest BCUT2D eigenvalue weighted by Crippen LogP contribution is -1.85. The van der Waals surface area contributed by atoms with Crippen molar-refractivity contribution in [3.63, 3.8) is 0 Å². The molecule has 0 radical (unpaired) electrons. The zero-order valence-electron chi connectivity index (χ0n) is 13.9. The lowest BCUT2D eigenvalue weighted by atomic mass is 10.1. The molecule has 19 heavy (non-hydrogen) atoms. The summed E-state index contributed by atoms with van der Waals surface area (Å²) in [5, 5.41) is 0. The smallest absolute Gasteiger partial charge is 0.0351 e. The molecule has 114 valence electrons. The van der Waals surface area contributed by atoms with Gasteiger partial charge in [0.25, 0.3) is 0 Å². The molecule has 0 heterocycles. The summed E-state index contributed by atoms with van der Waals surface area (Å²) in [7, 11) is 0. The van der Waals surface area contributed by atoms with Crippen molar-refractivity contribution >= 4 is 0 Å². The summed E-state index contributed by atoms with van der Waals surface area (Å²) in [6, 6.07) is 0. The molecule has 0 atom stereocenters. The van der Waals surface area contributed by atoms with Crippen molar-refractivity contribution in [3.05, 3.63) is 12.2 Å². The minimum Gasteiger partial charge on any atom is -0.0885 e. The van der Waals surface area contributed by atoms with E-state index in [0.717, 1.165) is 5.92 Å². The van der Waals surface area contributed by atoms with E-state index in [0.29, 0.717) is 0 Å². The van der Waals surface area contributed by atoms with Gasteiger partial charge in [-0.25, -0.2) is 0 Å². The quantitative estimate of drug-likeness (QED) is 0.229. The first kappa shape index (κ1) is 18.7. The van der Waals surface area contributed by atoms with E-state index >= 15 is 0 Å². The molecule has 0 saturated carbocycles. The van der Waals surface area contributed by atoms with Crippen LogP contribution in [0.5, 0.6) is 0 Å². The van der Waals surface area contributed by atoms with Crippen LogP contribution in [-0.4, -0.2) is 0 Å². The number of rotatable bonds is 14. The number of hydrogen-bond donors (Lipinski definition) is 0. The third-order valence-electron chi connectivity index (χ3n) is 3.79. The molecule has 0 unspecified atom stereocenters. The van der Waals surface area contributed by atoms with Gasteiger partial charge in [-0.15, -0.1) is 0 Å². The van der Waals surface area contributed by atoms with Crippen LogP contribution >= 0.6 is 0 Å². The Morgan fingerprint density at radius 2 is 1.11 bits per heavy atom. The Morgan fingerprint density at radius 1 is 0.632 bits per heavy atom. The fourth-order valence-corrected chi connectivity index (χ4v) is 2.45. The second-order valence-corrected chi connectivity index (χ2v) is 6.41. The van der Waals surface area contributed by atoms with Gasteiger partial charge in [-0.05, 0) is 31.6 Å². The molecule has 0 aromatic carbocycles. The lowest BCUT2D eigenvalue weighted by molar-refractivity contribution is 0.558. The molecule has 0 N–H and O–H groups in total. The predicted molar refractivity (Wildman–Crippen MR) is 89.7 cm³/mol. The number of allylic oxidation sites excluding steroid dienone is 2. The first-order valence-electron chi connectivity index (χ1n) is 8.92. The van der Waals surface area contributed by atoms with Crippen LogP contribution in [0.15, 0.2) is 12.2 Å². The van der Waals surface area contributed by atoms with Gasteiger partial charge in [0, 0.05) is 0 Å². The maximum absolute atomic E-state index is 2.40. The monoisotopic (exact) mass is 266 g/mol. The summed E-state index contributed by atoms with van der Waals surface area (Å²) < 4.78 is 0. The normalized spacial score (nSPS) is 11.8. The number of unbranched alkanes of at least 4 members (excludes halogenated alkanes) is 10. The Hall–Kier alpha value is -0.260. The third-order valence-corrected chi connectivity index (χ3v) is 3.79. The Morgan fingerprint density at radius 3 is 1.63 bits per heavy atom. The highest BCUT2D eigenvalue weighted by atomic mass is 14.0. The maximum atomic E-state index is 2.40. The number of hydrogen-bond acceptors (Lipinski definition) is 0. The Labute approximate surface area is 123 Å². The zero-order valence-corrected chi connectivity index (χ0v) is 13.9. The van der Waals surface area contributed by atoms with E-state index in [2.05, 4.69) is 32.9 Å². The van der Waals surface area contributed by atoms with Crippen molar-refractivity contribution in [1.29, 1.82) is 0 Å². The molecule has 0 spiro atoms. The highest BCUT2D eigenvalue weighted by Gasteiger charge is 1.92. The highest BCUT2D eigenvalue weighted by Crippen LogP contribution is 2.11. The molecule has 0 aliphatic carbocycles. The molecular formula is C19H38. The second kappa shape index (κ2) is 15.8. The van der Waals surface area contributed by atoms with Crippen molar-refractivity contribution < 1.29 is 0 Å². The molecule has 0 aromatic rings. The molecule has 0 aliphatic rings. The van der Waals surface area contributed by atoms with Crippen molar-refractivity contribution in [2.75, 3.05) is 0 Å². The van der Waals surface area contributed by atoms with Gasteiger partial charge in [-0.2, -0.15) is 0 Å². The van der Waals surface area contributed by atoms with Crippen LogP contribution in [0.1, 0.15) is 104 Å². The van der Waals surface area contributed by atoms with Crippen LogP contribution in [0.3, 0.4) is 0 Å². The molecule has 0 aromatic heterocycles. The van der Waals surface area contributed by atoms with Gasteiger partial charge in [0.15, 0.2) is 0 Å². The first-order chi connectivity index (χ1) is 9.27. The van der Waals surface area contributed by atoms with Gasteiger partial charge in [-0.3, -0.25) is 0 Å². The molecular weight excluding hydrogens is 228 g/mol. The standard InChI is InChI=1S/C19H38/c1-4-5-6-7-8-9-10-11-12-13-14-15-16-17-18-19(2)3/h14-15,19H,4-13,16-18H2,1-3H3/b15-14-.